The van der Waals surface area contributed by atoms with Crippen molar-refractivity contribution in [2.45, 2.75) is 219 Å². The van der Waals surface area contributed by atoms with Crippen molar-refractivity contribution in [2.75, 3.05) is 0 Å². The van der Waals surface area contributed by atoms with Gasteiger partial charge >= 0.3 is 0 Å². The van der Waals surface area contributed by atoms with E-state index in [4.69, 9.17) is 0 Å². The van der Waals surface area contributed by atoms with E-state index in [1.54, 1.807) is 0 Å². The summed E-state index contributed by atoms with van der Waals surface area (Å²) >= 11 is 0. The molecule has 4 fully saturated rings. The first-order valence-electron chi connectivity index (χ1n) is 22.4. The monoisotopic (exact) mass is 727 g/mol. The van der Waals surface area contributed by atoms with Gasteiger partial charge in [-0.1, -0.05) is 79.1 Å². The fraction of sp³-hybridized carbons (Fsp3) is 0.909. The van der Waals surface area contributed by atoms with Gasteiger partial charge in [-0.05, 0) is 126 Å². The Labute approximate surface area is 317 Å². The molecule has 8 nitrogen and oxygen atoms in total. The van der Waals surface area contributed by atoms with Crippen LogP contribution in [0.15, 0.2) is 0 Å². The zero-order valence-electron chi connectivity index (χ0n) is 33.8. The summed E-state index contributed by atoms with van der Waals surface area (Å²) in [5.74, 6) is 0.276. The second kappa shape index (κ2) is 22.9. The predicted octanol–water partition coefficient (Wildman–Crippen LogP) is 8.90. The molecule has 52 heavy (non-hydrogen) atoms. The van der Waals surface area contributed by atoms with Gasteiger partial charge in [-0.25, -0.2) is 0 Å². The molecule has 0 aromatic carbocycles. The predicted molar refractivity (Wildman–Crippen MR) is 211 cm³/mol. The lowest BCUT2D eigenvalue weighted by Gasteiger charge is -2.34. The van der Waals surface area contributed by atoms with Crippen LogP contribution in [0.1, 0.15) is 195 Å². The van der Waals surface area contributed by atoms with E-state index in [9.17, 15) is 19.2 Å². The average molecular weight is 727 g/mol. The molecular formula is C44H78N4O4. The third-order valence-electron chi connectivity index (χ3n) is 13.6. The Bertz CT molecular complexity index is 982. The molecule has 0 aromatic heterocycles. The zero-order chi connectivity index (χ0) is 37.3. The van der Waals surface area contributed by atoms with Crippen LogP contribution in [0.5, 0.6) is 0 Å². The normalized spacial score (nSPS) is 30.8. The van der Waals surface area contributed by atoms with Crippen LogP contribution in [0, 0.1) is 35.5 Å². The number of hydrogen-bond donors (Lipinski definition) is 4. The number of nitrogens with one attached hydrogen (secondary N) is 4. The minimum absolute atomic E-state index is 0.0460. The molecule has 0 aromatic rings. The Hall–Kier alpha value is -2.12. The summed E-state index contributed by atoms with van der Waals surface area (Å²) in [5, 5.41) is 13.1. The number of carbonyl (C=O) groups is 4. The summed E-state index contributed by atoms with van der Waals surface area (Å²) in [4.78, 5) is 56.4. The quantitative estimate of drug-likeness (QED) is 0.106. The minimum Gasteiger partial charge on any atom is -0.353 e. The van der Waals surface area contributed by atoms with Crippen molar-refractivity contribution in [3.63, 3.8) is 0 Å². The number of rotatable bonds is 19. The van der Waals surface area contributed by atoms with Gasteiger partial charge in [0.05, 0.1) is 11.8 Å². The highest BCUT2D eigenvalue weighted by molar-refractivity contribution is 5.94. The second-order valence-corrected chi connectivity index (χ2v) is 17.8. The van der Waals surface area contributed by atoms with Gasteiger partial charge in [0.1, 0.15) is 0 Å². The van der Waals surface area contributed by atoms with E-state index in [1.165, 1.54) is 51.4 Å². The van der Waals surface area contributed by atoms with Crippen LogP contribution in [-0.2, 0) is 19.2 Å². The average Bonchev–Trinajstić information content (AvgIpc) is 3.13. The maximum absolute atomic E-state index is 14.4. The summed E-state index contributed by atoms with van der Waals surface area (Å²) in [6.07, 6.45) is 25.9. The first kappa shape index (κ1) is 42.6. The number of hydrogen-bond acceptors (Lipinski definition) is 4. The van der Waals surface area contributed by atoms with Gasteiger partial charge < -0.3 is 21.3 Å². The molecule has 0 radical (unpaired) electrons. The standard InChI is InChI=1S/C44H78N4O4/c1-5-9-31-13-21-35(22-14-31)45-41(49)29-39(43(51)47-37-25-17-33(11-7-3)18-26-37)40(44(52)48-38-27-19-34(12-8-4)20-28-38)30-42(50)46-36-23-15-32(10-6-2)16-24-36/h31-40H,5-30H2,1-4H3,(H,45,49)(H,46,50)(H,47,51)(H,48,52). The fourth-order valence-electron chi connectivity index (χ4n) is 10.4. The van der Waals surface area contributed by atoms with Gasteiger partial charge in [-0.3, -0.25) is 19.2 Å². The van der Waals surface area contributed by atoms with E-state index in [-0.39, 0.29) is 60.6 Å². The third-order valence-corrected chi connectivity index (χ3v) is 13.6. The van der Waals surface area contributed by atoms with E-state index < -0.39 is 11.8 Å². The third kappa shape index (κ3) is 14.3. The lowest BCUT2D eigenvalue weighted by molar-refractivity contribution is -0.141. The van der Waals surface area contributed by atoms with E-state index in [2.05, 4.69) is 49.0 Å². The largest absolute Gasteiger partial charge is 0.353 e. The van der Waals surface area contributed by atoms with Crippen LogP contribution in [-0.4, -0.2) is 47.8 Å². The maximum atomic E-state index is 14.4. The van der Waals surface area contributed by atoms with Gasteiger partial charge in [0, 0.05) is 37.0 Å². The Morgan fingerprint density at radius 1 is 0.385 bits per heavy atom. The van der Waals surface area contributed by atoms with Crippen LogP contribution in [0.25, 0.3) is 0 Å². The Morgan fingerprint density at radius 3 is 0.846 bits per heavy atom. The Balaban J connectivity index is 1.49. The van der Waals surface area contributed by atoms with E-state index in [1.807, 2.05) is 0 Å². The molecule has 2 unspecified atom stereocenters. The molecule has 0 spiro atoms. The minimum atomic E-state index is -0.896. The Kier molecular flexibility index (Phi) is 18.8. The summed E-state index contributed by atoms with van der Waals surface area (Å²) < 4.78 is 0. The molecule has 4 saturated carbocycles. The molecule has 8 heteroatoms. The van der Waals surface area contributed by atoms with Gasteiger partial charge in [0.15, 0.2) is 0 Å². The van der Waals surface area contributed by atoms with E-state index in [0.29, 0.717) is 11.8 Å². The SMILES string of the molecule is CCCC1CCC(NC(=O)CC(C(=O)NC2CCC(CCC)CC2)C(CC(=O)NC2CCC(CCC)CC2)C(=O)NC2CCC(CCC)CC2)CC1. The zero-order valence-corrected chi connectivity index (χ0v) is 33.8. The second-order valence-electron chi connectivity index (χ2n) is 17.8. The fourth-order valence-corrected chi connectivity index (χ4v) is 10.4. The van der Waals surface area contributed by atoms with Crippen LogP contribution >= 0.6 is 0 Å². The van der Waals surface area contributed by atoms with Crippen molar-refractivity contribution in [3.05, 3.63) is 0 Å². The topological polar surface area (TPSA) is 116 Å². The van der Waals surface area contributed by atoms with Crippen molar-refractivity contribution >= 4 is 23.6 Å². The van der Waals surface area contributed by atoms with Gasteiger partial charge in [0.2, 0.25) is 23.6 Å². The van der Waals surface area contributed by atoms with Crippen molar-refractivity contribution in [1.82, 2.24) is 21.3 Å². The lowest BCUT2D eigenvalue weighted by atomic mass is 9.80. The summed E-state index contributed by atoms with van der Waals surface area (Å²) in [7, 11) is 0. The molecule has 0 bridgehead atoms. The van der Waals surface area contributed by atoms with Crippen molar-refractivity contribution in [1.29, 1.82) is 0 Å². The maximum Gasteiger partial charge on any atom is 0.224 e. The van der Waals surface area contributed by atoms with Gasteiger partial charge in [-0.15, -0.1) is 0 Å². The van der Waals surface area contributed by atoms with Crippen molar-refractivity contribution in [2.24, 2.45) is 35.5 Å². The molecule has 4 N–H and O–H groups in total. The lowest BCUT2D eigenvalue weighted by Crippen LogP contribution is -2.51. The molecule has 4 rings (SSSR count). The number of amides is 4. The molecule has 4 amide bonds. The molecular weight excluding hydrogens is 649 g/mol. The first-order chi connectivity index (χ1) is 25.2. The first-order valence-corrected chi connectivity index (χ1v) is 22.4. The highest BCUT2D eigenvalue weighted by atomic mass is 16.2. The van der Waals surface area contributed by atoms with Crippen molar-refractivity contribution in [3.8, 4) is 0 Å². The molecule has 0 aliphatic heterocycles. The molecule has 2 atom stereocenters. The summed E-state index contributed by atoms with van der Waals surface area (Å²) in [5.41, 5.74) is 0. The van der Waals surface area contributed by atoms with Crippen LogP contribution in [0.2, 0.25) is 0 Å². The van der Waals surface area contributed by atoms with Crippen LogP contribution in [0.4, 0.5) is 0 Å². The van der Waals surface area contributed by atoms with Crippen LogP contribution in [0.3, 0.4) is 0 Å². The smallest absolute Gasteiger partial charge is 0.224 e. The highest BCUT2D eigenvalue weighted by Crippen LogP contribution is 2.33. The molecule has 0 saturated heterocycles. The van der Waals surface area contributed by atoms with Gasteiger partial charge in [0.25, 0.3) is 0 Å². The molecule has 4 aliphatic rings. The molecule has 298 valence electrons. The van der Waals surface area contributed by atoms with E-state index in [0.717, 1.165) is 115 Å². The Morgan fingerprint density at radius 2 is 0.615 bits per heavy atom. The van der Waals surface area contributed by atoms with E-state index >= 15 is 0 Å². The molecule has 0 heterocycles. The van der Waals surface area contributed by atoms with Crippen LogP contribution < -0.4 is 21.3 Å². The summed E-state index contributed by atoms with van der Waals surface area (Å²) in [6.45, 7) is 8.93. The summed E-state index contributed by atoms with van der Waals surface area (Å²) in [6, 6.07) is 0.305. The highest BCUT2D eigenvalue weighted by Gasteiger charge is 2.40. The van der Waals surface area contributed by atoms with Crippen molar-refractivity contribution < 1.29 is 19.2 Å². The number of carbonyl (C=O) groups excluding carboxylic acids is 4. The molecule has 4 aliphatic carbocycles. The van der Waals surface area contributed by atoms with Gasteiger partial charge in [-0.2, -0.15) is 0 Å².